The average molecular weight is 389 g/mol. The largest absolute Gasteiger partial charge is 0.333 e. The van der Waals surface area contributed by atoms with Gasteiger partial charge in [0.05, 0.1) is 5.69 Å². The van der Waals surface area contributed by atoms with Crippen molar-refractivity contribution in [1.82, 2.24) is 20.0 Å². The molecule has 0 aliphatic carbocycles. The zero-order valence-electron chi connectivity index (χ0n) is 10.5. The summed E-state index contributed by atoms with van der Waals surface area (Å²) in [6, 6.07) is 1.70. The van der Waals surface area contributed by atoms with Crippen molar-refractivity contribution in [3.63, 3.8) is 0 Å². The predicted octanol–water partition coefficient (Wildman–Crippen LogP) is 2.77. The number of nitrogens with two attached hydrogens (primary N) is 1. The van der Waals surface area contributed by atoms with E-state index in [0.717, 1.165) is 33.4 Å². The van der Waals surface area contributed by atoms with Crippen LogP contribution >= 0.6 is 31.9 Å². The summed E-state index contributed by atoms with van der Waals surface area (Å²) < 4.78 is 3.88. The number of hydrogen-bond donors (Lipinski definition) is 2. The van der Waals surface area contributed by atoms with Gasteiger partial charge in [0, 0.05) is 34.1 Å². The average Bonchev–Trinajstić information content (AvgIpc) is 2.82. The minimum absolute atomic E-state index is 0.246. The minimum Gasteiger partial charge on any atom is -0.333 e. The van der Waals surface area contributed by atoms with Crippen LogP contribution in [-0.4, -0.2) is 14.5 Å². The molecule has 2 aromatic rings. The number of rotatable bonds is 5. The molecule has 0 amide bonds. The first-order valence-corrected chi connectivity index (χ1v) is 7.54. The van der Waals surface area contributed by atoms with Crippen molar-refractivity contribution >= 4 is 31.9 Å². The zero-order valence-corrected chi connectivity index (χ0v) is 13.6. The van der Waals surface area contributed by atoms with Crippen molar-refractivity contribution in [2.45, 2.75) is 25.9 Å². The van der Waals surface area contributed by atoms with Crippen LogP contribution in [-0.2, 0) is 6.54 Å². The highest BCUT2D eigenvalue weighted by atomic mass is 79.9. The van der Waals surface area contributed by atoms with Crippen molar-refractivity contribution in [2.24, 2.45) is 5.84 Å². The third-order valence-electron chi connectivity index (χ3n) is 2.75. The molecule has 0 radical (unpaired) electrons. The summed E-state index contributed by atoms with van der Waals surface area (Å²) in [5, 5.41) is 0. The molecule has 0 bridgehead atoms. The lowest BCUT2D eigenvalue weighted by Gasteiger charge is -2.18. The van der Waals surface area contributed by atoms with E-state index in [2.05, 4.69) is 58.7 Å². The van der Waals surface area contributed by atoms with Gasteiger partial charge in [-0.05, 0) is 44.3 Å². The number of hydrazine groups is 1. The molecule has 3 N–H and O–H groups in total. The van der Waals surface area contributed by atoms with Crippen molar-refractivity contribution in [1.29, 1.82) is 0 Å². The van der Waals surface area contributed by atoms with Crippen LogP contribution in [0.5, 0.6) is 0 Å². The van der Waals surface area contributed by atoms with E-state index in [1.807, 2.05) is 12.3 Å². The summed E-state index contributed by atoms with van der Waals surface area (Å²) in [6.45, 7) is 3.03. The summed E-state index contributed by atoms with van der Waals surface area (Å²) in [5.74, 6) is 6.55. The van der Waals surface area contributed by atoms with Crippen molar-refractivity contribution in [3.8, 4) is 0 Å². The molecule has 1 unspecified atom stereocenters. The van der Waals surface area contributed by atoms with E-state index in [4.69, 9.17) is 5.84 Å². The van der Waals surface area contributed by atoms with E-state index >= 15 is 0 Å². The number of pyridine rings is 1. The number of hydrogen-bond acceptors (Lipinski definition) is 4. The molecule has 5 nitrogen and oxygen atoms in total. The van der Waals surface area contributed by atoms with E-state index in [1.165, 1.54) is 0 Å². The number of imidazole rings is 1. The summed E-state index contributed by atoms with van der Waals surface area (Å²) in [5.41, 5.74) is 3.60. The molecule has 0 saturated carbocycles. The third-order valence-corrected chi connectivity index (χ3v) is 3.82. The molecule has 0 fully saturated rings. The Labute approximate surface area is 128 Å². The maximum atomic E-state index is 5.69. The zero-order chi connectivity index (χ0) is 13.8. The molecule has 7 heteroatoms. The maximum absolute atomic E-state index is 5.69. The van der Waals surface area contributed by atoms with Gasteiger partial charge in [0.1, 0.15) is 11.9 Å². The molecule has 0 aliphatic rings. The van der Waals surface area contributed by atoms with Gasteiger partial charge in [-0.1, -0.05) is 6.92 Å². The molecule has 102 valence electrons. The molecule has 2 aromatic heterocycles. The van der Waals surface area contributed by atoms with Crippen LogP contribution in [0.1, 0.15) is 30.9 Å². The Bertz CT molecular complexity index is 555. The monoisotopic (exact) mass is 387 g/mol. The highest BCUT2D eigenvalue weighted by Gasteiger charge is 2.21. The van der Waals surface area contributed by atoms with Crippen LogP contribution in [0.4, 0.5) is 0 Å². The van der Waals surface area contributed by atoms with Crippen LogP contribution in [0.3, 0.4) is 0 Å². The third kappa shape index (κ3) is 3.22. The lowest BCUT2D eigenvalue weighted by atomic mass is 10.2. The fraction of sp³-hybridized carbons (Fsp3) is 0.333. The molecule has 2 heterocycles. The second kappa shape index (κ2) is 6.60. The van der Waals surface area contributed by atoms with Crippen LogP contribution in [0.2, 0.25) is 0 Å². The predicted molar refractivity (Wildman–Crippen MR) is 81.3 cm³/mol. The fourth-order valence-electron chi connectivity index (χ4n) is 1.92. The van der Waals surface area contributed by atoms with E-state index < -0.39 is 0 Å². The van der Waals surface area contributed by atoms with Gasteiger partial charge in [-0.3, -0.25) is 10.8 Å². The van der Waals surface area contributed by atoms with Gasteiger partial charge in [-0.15, -0.1) is 0 Å². The SMILES string of the molecule is CCCn1ccnc1C(NN)c1ncc(Br)cc1Br. The molecule has 0 spiro atoms. The molecule has 1 atom stereocenters. The summed E-state index contributed by atoms with van der Waals surface area (Å²) >= 11 is 6.90. The Balaban J connectivity index is 2.41. The first kappa shape index (κ1) is 14.6. The van der Waals surface area contributed by atoms with Gasteiger partial charge >= 0.3 is 0 Å². The normalized spacial score (nSPS) is 12.6. The number of halogens is 2. The van der Waals surface area contributed by atoms with Gasteiger partial charge in [-0.2, -0.15) is 0 Å². The highest BCUT2D eigenvalue weighted by Crippen LogP contribution is 2.27. The van der Waals surface area contributed by atoms with Crippen LogP contribution in [0.25, 0.3) is 0 Å². The van der Waals surface area contributed by atoms with Gasteiger partial charge in [0.15, 0.2) is 0 Å². The van der Waals surface area contributed by atoms with Crippen molar-refractivity contribution in [3.05, 3.63) is 45.1 Å². The fourth-order valence-corrected chi connectivity index (χ4v) is 3.14. The summed E-state index contributed by atoms with van der Waals surface area (Å²) in [7, 11) is 0. The van der Waals surface area contributed by atoms with Gasteiger partial charge in [-0.25, -0.2) is 10.4 Å². The van der Waals surface area contributed by atoms with Gasteiger partial charge < -0.3 is 4.57 Å². The van der Waals surface area contributed by atoms with Crippen LogP contribution in [0.15, 0.2) is 33.6 Å². The summed E-state index contributed by atoms with van der Waals surface area (Å²) in [6.07, 6.45) is 6.52. The lowest BCUT2D eigenvalue weighted by molar-refractivity contribution is 0.535. The Morgan fingerprint density at radius 2 is 2.21 bits per heavy atom. The second-order valence-electron chi connectivity index (χ2n) is 4.10. The topological polar surface area (TPSA) is 68.8 Å². The molecule has 0 aliphatic heterocycles. The lowest BCUT2D eigenvalue weighted by Crippen LogP contribution is -2.32. The Kier molecular flexibility index (Phi) is 5.09. The molecular weight excluding hydrogens is 374 g/mol. The molecule has 0 saturated heterocycles. The van der Waals surface area contributed by atoms with E-state index in [1.54, 1.807) is 12.4 Å². The van der Waals surface area contributed by atoms with E-state index in [9.17, 15) is 0 Å². The highest BCUT2D eigenvalue weighted by molar-refractivity contribution is 9.11. The van der Waals surface area contributed by atoms with Crippen molar-refractivity contribution in [2.75, 3.05) is 0 Å². The van der Waals surface area contributed by atoms with Gasteiger partial charge in [0.25, 0.3) is 0 Å². The van der Waals surface area contributed by atoms with Crippen LogP contribution in [0, 0.1) is 0 Å². The van der Waals surface area contributed by atoms with E-state index in [0.29, 0.717) is 0 Å². The Morgan fingerprint density at radius 3 is 2.84 bits per heavy atom. The van der Waals surface area contributed by atoms with Crippen molar-refractivity contribution < 1.29 is 0 Å². The number of nitrogens with one attached hydrogen (secondary N) is 1. The molecule has 2 rings (SSSR count). The molecule has 19 heavy (non-hydrogen) atoms. The Hall–Kier alpha value is -0.760. The minimum atomic E-state index is -0.246. The smallest absolute Gasteiger partial charge is 0.133 e. The van der Waals surface area contributed by atoms with Gasteiger partial charge in [0.2, 0.25) is 0 Å². The Morgan fingerprint density at radius 1 is 1.42 bits per heavy atom. The second-order valence-corrected chi connectivity index (χ2v) is 5.87. The quantitative estimate of drug-likeness (QED) is 0.610. The number of aromatic nitrogens is 3. The molecular formula is C12H15Br2N5. The first-order valence-electron chi connectivity index (χ1n) is 5.95. The number of aryl methyl sites for hydroxylation is 1. The maximum Gasteiger partial charge on any atom is 0.133 e. The standard InChI is InChI=1S/C12H15Br2N5/c1-2-4-19-5-3-16-12(19)11(18-15)10-9(14)6-8(13)7-17-10/h3,5-7,11,18H,2,4,15H2,1H3. The summed E-state index contributed by atoms with van der Waals surface area (Å²) in [4.78, 5) is 8.81. The first-order chi connectivity index (χ1) is 9.17. The van der Waals surface area contributed by atoms with Crippen LogP contribution < -0.4 is 11.3 Å². The number of nitrogens with zero attached hydrogens (tertiary/aromatic N) is 3. The molecule has 0 aromatic carbocycles. The van der Waals surface area contributed by atoms with E-state index in [-0.39, 0.29) is 6.04 Å².